The highest BCUT2D eigenvalue weighted by Gasteiger charge is 2.23. The molecule has 0 bridgehead atoms. The molecular weight excluding hydrogens is 160 g/mol. The molecule has 1 aliphatic rings. The van der Waals surface area contributed by atoms with Crippen molar-refractivity contribution < 1.29 is 0 Å². The Morgan fingerprint density at radius 3 is 3.00 bits per heavy atom. The number of nitrogens with zero attached hydrogens (tertiary/aromatic N) is 1. The summed E-state index contributed by atoms with van der Waals surface area (Å²) >= 11 is 0. The smallest absolute Gasteiger partial charge is 0.0994 e. The van der Waals surface area contributed by atoms with Crippen LogP contribution in [0, 0.1) is 18.3 Å². The van der Waals surface area contributed by atoms with Crippen molar-refractivity contribution in [1.29, 1.82) is 5.26 Å². The van der Waals surface area contributed by atoms with Crippen LogP contribution in [0.1, 0.15) is 34.7 Å². The second-order valence-corrected chi connectivity index (χ2v) is 3.58. The van der Waals surface area contributed by atoms with Crippen LogP contribution in [0.4, 0.5) is 0 Å². The fraction of sp³-hybridized carbons (Fsp3) is 0.364. The minimum Gasteiger partial charge on any atom is -0.324 e. The number of nitriles is 1. The van der Waals surface area contributed by atoms with Gasteiger partial charge in [0.25, 0.3) is 0 Å². The lowest BCUT2D eigenvalue weighted by atomic mass is 9.98. The average molecular weight is 172 g/mol. The lowest BCUT2D eigenvalue weighted by molar-refractivity contribution is 0.710. The van der Waals surface area contributed by atoms with Gasteiger partial charge >= 0.3 is 0 Å². The molecule has 66 valence electrons. The van der Waals surface area contributed by atoms with E-state index in [4.69, 9.17) is 11.0 Å². The normalized spacial score (nSPS) is 19.6. The lowest BCUT2D eigenvalue weighted by Gasteiger charge is -2.09. The summed E-state index contributed by atoms with van der Waals surface area (Å²) in [6.07, 6.45) is 1.94. The Kier molecular flexibility index (Phi) is 1.82. The average Bonchev–Trinajstić information content (AvgIpc) is 2.50. The zero-order valence-electron chi connectivity index (χ0n) is 7.67. The Morgan fingerprint density at radius 1 is 1.54 bits per heavy atom. The molecule has 2 rings (SSSR count). The molecule has 0 fully saturated rings. The molecule has 1 atom stereocenters. The summed E-state index contributed by atoms with van der Waals surface area (Å²) in [5.74, 6) is 0. The summed E-state index contributed by atoms with van der Waals surface area (Å²) in [4.78, 5) is 0. The number of fused-ring (bicyclic) bond motifs is 1. The third kappa shape index (κ3) is 1.13. The highest BCUT2D eigenvalue weighted by atomic mass is 14.6. The van der Waals surface area contributed by atoms with E-state index in [1.807, 2.05) is 12.1 Å². The second-order valence-electron chi connectivity index (χ2n) is 3.58. The standard InChI is InChI=1S/C11H12N2/c1-7-2-3-8(6-12)9-4-5-10(13)11(7)9/h2-3,10H,4-5,13H2,1H3. The second kappa shape index (κ2) is 2.86. The topological polar surface area (TPSA) is 49.8 Å². The quantitative estimate of drug-likeness (QED) is 0.648. The molecule has 2 heteroatoms. The van der Waals surface area contributed by atoms with Gasteiger partial charge in [-0.3, -0.25) is 0 Å². The van der Waals surface area contributed by atoms with Crippen LogP contribution in [0.25, 0.3) is 0 Å². The minimum absolute atomic E-state index is 0.142. The van der Waals surface area contributed by atoms with E-state index in [0.29, 0.717) is 0 Å². The summed E-state index contributed by atoms with van der Waals surface area (Å²) in [5.41, 5.74) is 10.4. The van der Waals surface area contributed by atoms with E-state index in [1.165, 1.54) is 16.7 Å². The zero-order chi connectivity index (χ0) is 9.42. The van der Waals surface area contributed by atoms with Crippen molar-refractivity contribution in [1.82, 2.24) is 0 Å². The van der Waals surface area contributed by atoms with E-state index >= 15 is 0 Å². The Bertz CT molecular complexity index is 388. The van der Waals surface area contributed by atoms with Crippen molar-refractivity contribution >= 4 is 0 Å². The molecule has 1 aromatic rings. The van der Waals surface area contributed by atoms with Crippen LogP contribution in [0.5, 0.6) is 0 Å². The van der Waals surface area contributed by atoms with Gasteiger partial charge < -0.3 is 5.73 Å². The maximum atomic E-state index is 8.89. The van der Waals surface area contributed by atoms with E-state index in [9.17, 15) is 0 Å². The zero-order valence-corrected chi connectivity index (χ0v) is 7.67. The maximum absolute atomic E-state index is 8.89. The maximum Gasteiger partial charge on any atom is 0.0994 e. The summed E-state index contributed by atoms with van der Waals surface area (Å²) in [6.45, 7) is 2.06. The molecular formula is C11H12N2. The minimum atomic E-state index is 0.142. The van der Waals surface area contributed by atoms with Gasteiger partial charge in [-0.2, -0.15) is 5.26 Å². The highest BCUT2D eigenvalue weighted by Crippen LogP contribution is 2.33. The summed E-state index contributed by atoms with van der Waals surface area (Å²) in [6, 6.07) is 6.25. The summed E-state index contributed by atoms with van der Waals surface area (Å²) in [7, 11) is 0. The van der Waals surface area contributed by atoms with Crippen molar-refractivity contribution in [3.8, 4) is 6.07 Å². The van der Waals surface area contributed by atoms with Crippen molar-refractivity contribution in [3.63, 3.8) is 0 Å². The predicted octanol–water partition coefficient (Wildman–Crippen LogP) is 1.81. The van der Waals surface area contributed by atoms with Gasteiger partial charge in [-0.05, 0) is 42.5 Å². The molecule has 0 saturated heterocycles. The van der Waals surface area contributed by atoms with Crippen LogP contribution < -0.4 is 5.73 Å². The Balaban J connectivity index is 2.67. The van der Waals surface area contributed by atoms with E-state index in [2.05, 4.69) is 13.0 Å². The molecule has 2 N–H and O–H groups in total. The Morgan fingerprint density at radius 2 is 2.31 bits per heavy atom. The van der Waals surface area contributed by atoms with Crippen molar-refractivity contribution in [3.05, 3.63) is 34.4 Å². The van der Waals surface area contributed by atoms with Gasteiger partial charge in [-0.25, -0.2) is 0 Å². The number of nitrogens with two attached hydrogens (primary N) is 1. The molecule has 1 unspecified atom stereocenters. The van der Waals surface area contributed by atoms with Crippen LogP contribution in [0.3, 0.4) is 0 Å². The molecule has 13 heavy (non-hydrogen) atoms. The molecule has 1 aliphatic carbocycles. The molecule has 1 aromatic carbocycles. The van der Waals surface area contributed by atoms with Gasteiger partial charge in [0, 0.05) is 6.04 Å². The van der Waals surface area contributed by atoms with Gasteiger partial charge in [0.2, 0.25) is 0 Å². The Labute approximate surface area is 78.0 Å². The Hall–Kier alpha value is -1.33. The fourth-order valence-electron chi connectivity index (χ4n) is 2.12. The number of hydrogen-bond donors (Lipinski definition) is 1. The van der Waals surface area contributed by atoms with E-state index < -0.39 is 0 Å². The molecule has 0 amide bonds. The van der Waals surface area contributed by atoms with E-state index in [0.717, 1.165) is 18.4 Å². The molecule has 0 radical (unpaired) electrons. The summed E-state index contributed by atoms with van der Waals surface area (Å²) in [5, 5.41) is 8.89. The number of hydrogen-bond acceptors (Lipinski definition) is 2. The van der Waals surface area contributed by atoms with Crippen molar-refractivity contribution in [2.75, 3.05) is 0 Å². The van der Waals surface area contributed by atoms with Crippen LogP contribution >= 0.6 is 0 Å². The van der Waals surface area contributed by atoms with E-state index in [-0.39, 0.29) is 6.04 Å². The van der Waals surface area contributed by atoms with Gasteiger partial charge in [-0.15, -0.1) is 0 Å². The lowest BCUT2D eigenvalue weighted by Crippen LogP contribution is -2.07. The van der Waals surface area contributed by atoms with Gasteiger partial charge in [-0.1, -0.05) is 6.07 Å². The van der Waals surface area contributed by atoms with Gasteiger partial charge in [0.05, 0.1) is 11.6 Å². The predicted molar refractivity (Wildman–Crippen MR) is 51.1 cm³/mol. The SMILES string of the molecule is Cc1ccc(C#N)c2c1C(N)CC2. The monoisotopic (exact) mass is 172 g/mol. The molecule has 0 heterocycles. The molecule has 0 spiro atoms. The molecule has 0 saturated carbocycles. The fourth-order valence-corrected chi connectivity index (χ4v) is 2.12. The van der Waals surface area contributed by atoms with Crippen LogP contribution in [-0.4, -0.2) is 0 Å². The number of benzene rings is 1. The number of rotatable bonds is 0. The first-order valence-corrected chi connectivity index (χ1v) is 4.52. The van der Waals surface area contributed by atoms with Crippen LogP contribution in [0.2, 0.25) is 0 Å². The molecule has 0 aromatic heterocycles. The highest BCUT2D eigenvalue weighted by molar-refractivity contribution is 5.50. The van der Waals surface area contributed by atoms with Crippen LogP contribution in [0.15, 0.2) is 12.1 Å². The number of aryl methyl sites for hydroxylation is 1. The largest absolute Gasteiger partial charge is 0.324 e. The third-order valence-corrected chi connectivity index (χ3v) is 2.77. The van der Waals surface area contributed by atoms with Crippen LogP contribution in [-0.2, 0) is 6.42 Å². The van der Waals surface area contributed by atoms with Gasteiger partial charge in [0.15, 0.2) is 0 Å². The van der Waals surface area contributed by atoms with Crippen molar-refractivity contribution in [2.45, 2.75) is 25.8 Å². The summed E-state index contributed by atoms with van der Waals surface area (Å²) < 4.78 is 0. The van der Waals surface area contributed by atoms with Gasteiger partial charge in [0.1, 0.15) is 0 Å². The van der Waals surface area contributed by atoms with E-state index in [1.54, 1.807) is 0 Å². The first-order valence-electron chi connectivity index (χ1n) is 4.52. The first-order chi connectivity index (χ1) is 6.24. The van der Waals surface area contributed by atoms with Crippen molar-refractivity contribution in [2.24, 2.45) is 5.73 Å². The molecule has 0 aliphatic heterocycles. The third-order valence-electron chi connectivity index (χ3n) is 2.77. The first kappa shape index (κ1) is 8.28. The molecule has 2 nitrogen and oxygen atoms in total.